The van der Waals surface area contributed by atoms with Crippen molar-refractivity contribution >= 4 is 18.3 Å². The smallest absolute Gasteiger partial charge is 0.327 e. The van der Waals surface area contributed by atoms with Crippen LogP contribution in [0.25, 0.3) is 0 Å². The van der Waals surface area contributed by atoms with Crippen molar-refractivity contribution in [3.05, 3.63) is 0 Å². The van der Waals surface area contributed by atoms with Crippen molar-refractivity contribution < 1.29 is 24.6 Å². The number of nitrogens with zero attached hydrogens (tertiary/aromatic N) is 1. The fourth-order valence-electron chi connectivity index (χ4n) is 0.619. The van der Waals surface area contributed by atoms with Crippen LogP contribution >= 0.6 is 0 Å². The van der Waals surface area contributed by atoms with Crippen LogP contribution in [0.15, 0.2) is 0 Å². The van der Waals surface area contributed by atoms with Gasteiger partial charge in [-0.3, -0.25) is 9.59 Å². The number of carbonyl (C=O) groups excluding carboxylic acids is 1. The van der Waals surface area contributed by atoms with E-state index in [1.807, 2.05) is 0 Å². The van der Waals surface area contributed by atoms with Crippen molar-refractivity contribution in [1.82, 2.24) is 4.90 Å². The van der Waals surface area contributed by atoms with Crippen LogP contribution in [0.3, 0.4) is 0 Å². The number of carboxylic acid groups (broad SMARTS) is 2. The summed E-state index contributed by atoms with van der Waals surface area (Å²) in [6, 6.07) is -1.35. The fourth-order valence-corrected chi connectivity index (χ4v) is 0.619. The van der Waals surface area contributed by atoms with E-state index in [2.05, 4.69) is 0 Å². The van der Waals surface area contributed by atoms with Crippen molar-refractivity contribution in [2.75, 3.05) is 7.05 Å². The average molecular weight is 174 g/mol. The minimum Gasteiger partial charge on any atom is -0.481 e. The van der Waals surface area contributed by atoms with Crippen LogP contribution < -0.4 is 0 Å². The first-order valence-electron chi connectivity index (χ1n) is 3.04. The Morgan fingerprint density at radius 3 is 2.25 bits per heavy atom. The lowest BCUT2D eigenvalue weighted by atomic mass is 10.2. The predicted molar refractivity (Wildman–Crippen MR) is 37.1 cm³/mol. The van der Waals surface area contributed by atoms with E-state index < -0.39 is 24.4 Å². The predicted octanol–water partition coefficient (Wildman–Crippen LogP) is -1.09. The van der Waals surface area contributed by atoms with Crippen molar-refractivity contribution in [3.8, 4) is 0 Å². The molecule has 0 aliphatic carbocycles. The third-order valence-electron chi connectivity index (χ3n) is 1.26. The number of likely N-dealkylation sites (N-methyl/N-ethyl adjacent to an activating group) is 1. The first kappa shape index (κ1) is 10.4. The topological polar surface area (TPSA) is 94.9 Å². The maximum Gasteiger partial charge on any atom is 0.327 e. The number of hydrogen-bond donors (Lipinski definition) is 2. The van der Waals surface area contributed by atoms with Gasteiger partial charge in [-0.15, -0.1) is 0 Å². The summed E-state index contributed by atoms with van der Waals surface area (Å²) in [4.78, 5) is 31.1. The van der Waals surface area contributed by atoms with Gasteiger partial charge in [0.1, 0.15) is 6.04 Å². The third kappa shape index (κ3) is 3.00. The summed E-state index contributed by atoms with van der Waals surface area (Å²) in [6.45, 7) is 0. The highest BCUT2D eigenvalue weighted by atomic mass is 16.4. The first-order valence-corrected chi connectivity index (χ1v) is 3.04. The monoisotopic (exact) mass is 174 g/mol. The van der Waals surface area contributed by atoms with Gasteiger partial charge in [0, 0.05) is 7.05 Å². The molecule has 0 aliphatic rings. The number of rotatable bonds is 5. The number of carbonyl (C=O) groups is 2. The summed E-state index contributed by atoms with van der Waals surface area (Å²) in [5, 5.41) is 16.7. The van der Waals surface area contributed by atoms with Crippen LogP contribution in [0.5, 0.6) is 0 Å². The van der Waals surface area contributed by atoms with E-state index in [1.165, 1.54) is 6.41 Å². The Bertz CT molecular complexity index is 202. The Labute approximate surface area is 68.4 Å². The van der Waals surface area contributed by atoms with Crippen molar-refractivity contribution in [3.63, 3.8) is 0 Å². The fraction of sp³-hybridized carbons (Fsp3) is 0.500. The Morgan fingerprint density at radius 1 is 1.50 bits per heavy atom. The number of hydrogen-bond acceptors (Lipinski definition) is 3. The van der Waals surface area contributed by atoms with Crippen LogP contribution in [-0.2, 0) is 14.4 Å². The van der Waals surface area contributed by atoms with Gasteiger partial charge < -0.3 is 15.1 Å². The molecule has 12 heavy (non-hydrogen) atoms. The molecule has 0 aromatic heterocycles. The Morgan fingerprint density at radius 2 is 2.00 bits per heavy atom. The molecule has 0 rings (SSSR count). The second-order valence-electron chi connectivity index (χ2n) is 2.15. The molecule has 0 heterocycles. The molecule has 1 amide bonds. The molecule has 1 unspecified atom stereocenters. The molecule has 0 fully saturated rings. The lowest BCUT2D eigenvalue weighted by Crippen LogP contribution is -2.39. The van der Waals surface area contributed by atoms with Gasteiger partial charge in [-0.2, -0.15) is 0 Å². The van der Waals surface area contributed by atoms with Crippen molar-refractivity contribution in [2.45, 2.75) is 12.5 Å². The molecular weight excluding hydrogens is 166 g/mol. The van der Waals surface area contributed by atoms with Crippen LogP contribution in [0, 0.1) is 0 Å². The summed E-state index contributed by atoms with van der Waals surface area (Å²) in [7, 11) is 1.16. The minimum absolute atomic E-state index is 0.624. The Balaban J connectivity index is 4.32. The maximum absolute atomic E-state index is 10.4. The lowest BCUT2D eigenvalue weighted by Gasteiger charge is -2.16. The van der Waals surface area contributed by atoms with Crippen LogP contribution in [0.1, 0.15) is 6.42 Å². The summed E-state index contributed by atoms with van der Waals surface area (Å²) < 4.78 is 0. The molecule has 0 aliphatic heterocycles. The van der Waals surface area contributed by atoms with E-state index >= 15 is 0 Å². The van der Waals surface area contributed by atoms with E-state index in [1.54, 1.807) is 0 Å². The maximum atomic E-state index is 10.4. The van der Waals surface area contributed by atoms with Gasteiger partial charge in [0.2, 0.25) is 0 Å². The SMILES string of the molecule is CN([C]=O)C(CC(=O)O)C(=O)O. The van der Waals surface area contributed by atoms with Crippen LogP contribution in [0.2, 0.25) is 0 Å². The van der Waals surface area contributed by atoms with Gasteiger partial charge in [0.05, 0.1) is 6.42 Å². The molecule has 0 saturated carbocycles. The average Bonchev–Trinajstić information content (AvgIpc) is 1.98. The molecule has 1 radical (unpaired) electrons. The normalized spacial score (nSPS) is 11.8. The minimum atomic E-state index is -1.36. The zero-order valence-corrected chi connectivity index (χ0v) is 6.35. The van der Waals surface area contributed by atoms with Gasteiger partial charge >= 0.3 is 18.3 Å². The molecule has 2 N–H and O–H groups in total. The van der Waals surface area contributed by atoms with E-state index in [4.69, 9.17) is 10.2 Å². The number of carboxylic acids is 2. The molecular formula is C6H8NO5. The Kier molecular flexibility index (Phi) is 3.75. The second-order valence-corrected chi connectivity index (χ2v) is 2.15. The van der Waals surface area contributed by atoms with Crippen LogP contribution in [0.4, 0.5) is 0 Å². The summed E-state index contributed by atoms with van der Waals surface area (Å²) in [5.41, 5.74) is 0. The molecule has 0 spiro atoms. The van der Waals surface area contributed by atoms with E-state index in [9.17, 15) is 14.4 Å². The van der Waals surface area contributed by atoms with E-state index in [-0.39, 0.29) is 0 Å². The molecule has 0 bridgehead atoms. The van der Waals surface area contributed by atoms with Gasteiger partial charge in [-0.25, -0.2) is 4.79 Å². The van der Waals surface area contributed by atoms with E-state index in [0.717, 1.165) is 7.05 Å². The highest BCUT2D eigenvalue weighted by molar-refractivity contribution is 5.82. The molecule has 67 valence electrons. The largest absolute Gasteiger partial charge is 0.481 e. The van der Waals surface area contributed by atoms with Crippen molar-refractivity contribution in [1.29, 1.82) is 0 Å². The first-order chi connectivity index (χ1) is 5.49. The zero-order valence-electron chi connectivity index (χ0n) is 6.35. The van der Waals surface area contributed by atoms with Crippen LogP contribution in [-0.4, -0.2) is 46.6 Å². The number of aliphatic carboxylic acids is 2. The van der Waals surface area contributed by atoms with Gasteiger partial charge in [0.15, 0.2) is 0 Å². The Hall–Kier alpha value is -1.59. The number of amides is 1. The summed E-state index contributed by atoms with van der Waals surface area (Å²) in [5.74, 6) is -2.63. The standard InChI is InChI=1S/C6H8NO5/c1-7(3-8)4(6(11)12)2-5(9)10/h4H,2H2,1H3,(H,9,10)(H,11,12). The highest BCUT2D eigenvalue weighted by Crippen LogP contribution is 1.99. The molecule has 1 atom stereocenters. The lowest BCUT2D eigenvalue weighted by molar-refractivity contribution is -0.147. The van der Waals surface area contributed by atoms with Gasteiger partial charge in [0.25, 0.3) is 0 Å². The van der Waals surface area contributed by atoms with Gasteiger partial charge in [-0.05, 0) is 0 Å². The quantitative estimate of drug-likeness (QED) is 0.516. The zero-order chi connectivity index (χ0) is 9.72. The molecule has 0 aromatic rings. The molecule has 6 nitrogen and oxygen atoms in total. The van der Waals surface area contributed by atoms with Gasteiger partial charge in [-0.1, -0.05) is 0 Å². The third-order valence-corrected chi connectivity index (χ3v) is 1.26. The second kappa shape index (κ2) is 4.32. The molecule has 0 aromatic carbocycles. The molecule has 6 heteroatoms. The summed E-state index contributed by atoms with van der Waals surface area (Å²) in [6.07, 6.45) is 0.667. The van der Waals surface area contributed by atoms with Crippen molar-refractivity contribution in [2.24, 2.45) is 0 Å². The van der Waals surface area contributed by atoms with E-state index in [0.29, 0.717) is 4.90 Å². The molecule has 0 saturated heterocycles. The highest BCUT2D eigenvalue weighted by Gasteiger charge is 2.24. The summed E-state index contributed by atoms with van der Waals surface area (Å²) >= 11 is 0.